The summed E-state index contributed by atoms with van der Waals surface area (Å²) in [5, 5.41) is 0. The van der Waals surface area contributed by atoms with Crippen molar-refractivity contribution < 1.29 is 8.76 Å². The molecular weight excluding hydrogens is 272 g/mol. The van der Waals surface area contributed by atoms with Gasteiger partial charge in [-0.3, -0.25) is 4.55 Å². The first-order valence-corrected chi connectivity index (χ1v) is 7.81. The molecular formula is C15H26N2O2S. The lowest BCUT2D eigenvalue weighted by Gasteiger charge is -2.28. The molecule has 1 unspecified atom stereocenters. The van der Waals surface area contributed by atoms with Crippen molar-refractivity contribution in [2.24, 2.45) is 0 Å². The van der Waals surface area contributed by atoms with Crippen LogP contribution in [0.5, 0.6) is 0 Å². The van der Waals surface area contributed by atoms with Crippen LogP contribution in [0.4, 0.5) is 5.69 Å². The van der Waals surface area contributed by atoms with Crippen LogP contribution < -0.4 is 10.3 Å². The minimum Gasteiger partial charge on any atom is -0.308 e. The zero-order valence-corrected chi connectivity index (χ0v) is 14.2. The van der Waals surface area contributed by atoms with E-state index < -0.39 is 11.3 Å². The van der Waals surface area contributed by atoms with E-state index in [9.17, 15) is 4.21 Å². The van der Waals surface area contributed by atoms with Crippen LogP contribution in [0, 0.1) is 6.92 Å². The molecule has 20 heavy (non-hydrogen) atoms. The van der Waals surface area contributed by atoms with Gasteiger partial charge in [-0.15, -0.1) is 4.83 Å². The largest absolute Gasteiger partial charge is 0.308 e. The van der Waals surface area contributed by atoms with E-state index in [4.69, 9.17) is 4.55 Å². The Morgan fingerprint density at radius 2 is 1.60 bits per heavy atom. The molecule has 0 amide bonds. The molecule has 0 heterocycles. The van der Waals surface area contributed by atoms with Crippen molar-refractivity contribution in [1.29, 1.82) is 0 Å². The van der Waals surface area contributed by atoms with Gasteiger partial charge in [0.15, 0.2) is 0 Å². The second kappa shape index (κ2) is 5.84. The molecule has 0 aliphatic rings. The summed E-state index contributed by atoms with van der Waals surface area (Å²) in [4.78, 5) is 2.34. The quantitative estimate of drug-likeness (QED) is 0.590. The van der Waals surface area contributed by atoms with Gasteiger partial charge < -0.3 is 5.43 Å². The Balaban J connectivity index is 3.39. The fraction of sp³-hybridized carbons (Fsp3) is 0.600. The molecule has 0 aliphatic heterocycles. The summed E-state index contributed by atoms with van der Waals surface area (Å²) in [6.07, 6.45) is 0. The lowest BCUT2D eigenvalue weighted by Crippen LogP contribution is -2.26. The maximum atomic E-state index is 10.8. The first kappa shape index (κ1) is 17.1. The first-order chi connectivity index (χ1) is 8.93. The Morgan fingerprint density at radius 3 is 2.00 bits per heavy atom. The van der Waals surface area contributed by atoms with Crippen molar-refractivity contribution in [3.63, 3.8) is 0 Å². The summed E-state index contributed by atoms with van der Waals surface area (Å²) < 4.78 is 19.6. The number of benzene rings is 1. The predicted octanol–water partition coefficient (Wildman–Crippen LogP) is 3.64. The molecule has 0 aliphatic carbocycles. The highest BCUT2D eigenvalue weighted by Crippen LogP contribution is 2.35. The topological polar surface area (TPSA) is 61.4 Å². The highest BCUT2D eigenvalue weighted by atomic mass is 32.2. The van der Waals surface area contributed by atoms with Gasteiger partial charge in [0.05, 0.1) is 5.69 Å². The van der Waals surface area contributed by atoms with Gasteiger partial charge in [0.1, 0.15) is 0 Å². The fourth-order valence-corrected chi connectivity index (χ4v) is 2.35. The number of hydrogen-bond acceptors (Lipinski definition) is 2. The van der Waals surface area contributed by atoms with Crippen LogP contribution in [0.2, 0.25) is 0 Å². The van der Waals surface area contributed by atoms with Gasteiger partial charge in [-0.05, 0) is 40.5 Å². The Labute approximate surface area is 124 Å². The van der Waals surface area contributed by atoms with Crippen LogP contribution in [0.15, 0.2) is 12.1 Å². The molecule has 5 heteroatoms. The Morgan fingerprint density at radius 1 is 1.05 bits per heavy atom. The van der Waals surface area contributed by atoms with E-state index in [1.807, 2.05) is 13.0 Å². The van der Waals surface area contributed by atoms with Crippen LogP contribution >= 0.6 is 0 Å². The van der Waals surface area contributed by atoms with E-state index in [2.05, 4.69) is 57.9 Å². The Kier molecular flexibility index (Phi) is 5.00. The highest BCUT2D eigenvalue weighted by molar-refractivity contribution is 7.77. The molecule has 0 fully saturated rings. The molecule has 0 saturated carbocycles. The summed E-state index contributed by atoms with van der Waals surface area (Å²) in [7, 11) is 0. The van der Waals surface area contributed by atoms with E-state index >= 15 is 0 Å². The van der Waals surface area contributed by atoms with Crippen LogP contribution in [0.1, 0.15) is 58.2 Å². The molecule has 4 nitrogen and oxygen atoms in total. The zero-order valence-electron chi connectivity index (χ0n) is 13.4. The van der Waals surface area contributed by atoms with E-state index in [1.54, 1.807) is 0 Å². The predicted molar refractivity (Wildman–Crippen MR) is 86.1 cm³/mol. The summed E-state index contributed by atoms with van der Waals surface area (Å²) in [6, 6.07) is 4.26. The molecule has 1 atom stereocenters. The van der Waals surface area contributed by atoms with Crippen LogP contribution in [0.25, 0.3) is 0 Å². The van der Waals surface area contributed by atoms with E-state index in [1.165, 1.54) is 11.1 Å². The van der Waals surface area contributed by atoms with Gasteiger partial charge in [-0.1, -0.05) is 47.6 Å². The average Bonchev–Trinajstić information content (AvgIpc) is 2.24. The Bertz CT molecular complexity index is 514. The van der Waals surface area contributed by atoms with Crippen molar-refractivity contribution in [3.8, 4) is 0 Å². The maximum absolute atomic E-state index is 10.8. The van der Waals surface area contributed by atoms with Gasteiger partial charge in [0.25, 0.3) is 0 Å². The van der Waals surface area contributed by atoms with Crippen molar-refractivity contribution in [2.75, 3.05) is 5.43 Å². The Hall–Kier alpha value is -0.910. The monoisotopic (exact) mass is 298 g/mol. The van der Waals surface area contributed by atoms with Gasteiger partial charge in [0.2, 0.25) is 11.3 Å². The third-order valence-electron chi connectivity index (χ3n) is 3.35. The third kappa shape index (κ3) is 4.30. The van der Waals surface area contributed by atoms with E-state index in [-0.39, 0.29) is 10.8 Å². The fourth-order valence-electron chi connectivity index (χ4n) is 2.15. The van der Waals surface area contributed by atoms with Gasteiger partial charge in [-0.2, -0.15) is 0 Å². The highest BCUT2D eigenvalue weighted by Gasteiger charge is 2.23. The molecule has 0 radical (unpaired) electrons. The van der Waals surface area contributed by atoms with Crippen molar-refractivity contribution >= 4 is 17.0 Å². The summed E-state index contributed by atoms with van der Waals surface area (Å²) in [6.45, 7) is 15.0. The molecule has 1 aromatic carbocycles. The van der Waals surface area contributed by atoms with Crippen LogP contribution in [-0.4, -0.2) is 8.76 Å². The summed E-state index contributed by atoms with van der Waals surface area (Å²) in [5.74, 6) is 0. The van der Waals surface area contributed by atoms with Crippen molar-refractivity contribution in [1.82, 2.24) is 4.83 Å². The lowest BCUT2D eigenvalue weighted by molar-refractivity contribution is 0.555. The van der Waals surface area contributed by atoms with Gasteiger partial charge in [-0.25, -0.2) is 4.21 Å². The molecule has 0 spiro atoms. The smallest absolute Gasteiger partial charge is 0.250 e. The molecule has 0 bridgehead atoms. The van der Waals surface area contributed by atoms with Gasteiger partial charge in [0, 0.05) is 0 Å². The number of hydrogen-bond donors (Lipinski definition) is 3. The molecule has 0 saturated heterocycles. The van der Waals surface area contributed by atoms with E-state index in [0.717, 1.165) is 11.3 Å². The number of nitrogens with one attached hydrogen (secondary N) is 2. The zero-order chi connectivity index (χ0) is 15.7. The summed E-state index contributed by atoms with van der Waals surface area (Å²) >= 11 is -2.09. The second-order valence-electron chi connectivity index (χ2n) is 7.17. The molecule has 1 rings (SSSR count). The molecule has 3 N–H and O–H groups in total. The normalized spacial score (nSPS) is 14.2. The lowest BCUT2D eigenvalue weighted by atomic mass is 9.78. The second-order valence-corrected chi connectivity index (χ2v) is 7.88. The van der Waals surface area contributed by atoms with Crippen LogP contribution in [0.3, 0.4) is 0 Å². The minimum absolute atomic E-state index is 0.0140. The maximum Gasteiger partial charge on any atom is 0.250 e. The third-order valence-corrected chi connectivity index (χ3v) is 3.63. The number of hydrazine groups is 1. The van der Waals surface area contributed by atoms with E-state index in [0.29, 0.717) is 0 Å². The average molecular weight is 298 g/mol. The number of anilines is 1. The minimum atomic E-state index is -2.09. The van der Waals surface area contributed by atoms with Crippen LogP contribution in [-0.2, 0) is 22.1 Å². The SMILES string of the molecule is Cc1c(NNS(=O)O)cc(C(C)(C)C)cc1C(C)(C)C. The van der Waals surface area contributed by atoms with Crippen molar-refractivity contribution in [3.05, 3.63) is 28.8 Å². The molecule has 114 valence electrons. The van der Waals surface area contributed by atoms with Gasteiger partial charge >= 0.3 is 0 Å². The summed E-state index contributed by atoms with van der Waals surface area (Å²) in [5.41, 5.74) is 7.22. The standard InChI is InChI=1S/C15H26N2O2S/c1-10-12(15(5,6)7)8-11(14(2,3)4)9-13(10)16-17-20(18)19/h8-9,16-17H,1-7H3,(H,18,19). The molecule has 1 aromatic rings. The van der Waals surface area contributed by atoms with Crippen molar-refractivity contribution in [2.45, 2.75) is 59.3 Å². The molecule has 0 aromatic heterocycles. The number of rotatable bonds is 3. The first-order valence-electron chi connectivity index (χ1n) is 6.71.